The van der Waals surface area contributed by atoms with Gasteiger partial charge in [-0.15, -0.1) is 0 Å². The number of aromatic nitrogens is 1. The first kappa shape index (κ1) is 14.3. The number of amides is 1. The van der Waals surface area contributed by atoms with Gasteiger partial charge in [-0.2, -0.15) is 0 Å². The summed E-state index contributed by atoms with van der Waals surface area (Å²) in [7, 11) is 1.53. The van der Waals surface area contributed by atoms with Gasteiger partial charge in [-0.05, 0) is 36.4 Å². The molecule has 0 aliphatic rings. The number of ether oxygens (including phenoxy) is 1. The molecule has 1 aromatic carbocycles. The Kier molecular flexibility index (Phi) is 4.92. The predicted octanol–water partition coefficient (Wildman–Crippen LogP) is 1.21. The average molecular weight is 274 g/mol. The van der Waals surface area contributed by atoms with Crippen molar-refractivity contribution in [1.29, 1.82) is 0 Å². The number of carbonyl (C=O) groups excluding carboxylic acids is 1. The molecule has 5 heteroatoms. The fourth-order valence-corrected chi connectivity index (χ4v) is 1.90. The van der Waals surface area contributed by atoms with Crippen LogP contribution in [0, 0.1) is 0 Å². The second-order valence-electron chi connectivity index (χ2n) is 4.45. The molecule has 1 amide bonds. The van der Waals surface area contributed by atoms with Gasteiger partial charge in [0.25, 0.3) is 5.91 Å². The molecule has 0 aliphatic carbocycles. The average Bonchev–Trinajstić information content (AvgIpc) is 3.01. The van der Waals surface area contributed by atoms with E-state index >= 15 is 0 Å². The maximum atomic E-state index is 12.0. The minimum absolute atomic E-state index is 0.152. The standard InChI is InChI=1S/C15H18N2O3/c1-20-11-13(10-18)16-15(19)12-4-6-14(7-5-12)17-8-2-3-9-17/h2-9,13,18H,10-11H2,1H3,(H,16,19). The summed E-state index contributed by atoms with van der Waals surface area (Å²) in [6.07, 6.45) is 3.88. The van der Waals surface area contributed by atoms with Gasteiger partial charge in [0.15, 0.2) is 0 Å². The molecule has 1 aromatic heterocycles. The molecule has 1 heterocycles. The Balaban J connectivity index is 2.04. The fourth-order valence-electron chi connectivity index (χ4n) is 1.90. The monoisotopic (exact) mass is 274 g/mol. The molecule has 2 aromatic rings. The molecule has 0 spiro atoms. The van der Waals surface area contributed by atoms with Gasteiger partial charge < -0.3 is 19.7 Å². The van der Waals surface area contributed by atoms with Crippen LogP contribution in [0.15, 0.2) is 48.8 Å². The maximum absolute atomic E-state index is 12.0. The number of aliphatic hydroxyl groups excluding tert-OH is 1. The number of benzene rings is 1. The summed E-state index contributed by atoms with van der Waals surface area (Å²) >= 11 is 0. The lowest BCUT2D eigenvalue weighted by atomic mass is 10.2. The second kappa shape index (κ2) is 6.88. The van der Waals surface area contributed by atoms with Crippen LogP contribution in [0.3, 0.4) is 0 Å². The lowest BCUT2D eigenvalue weighted by Crippen LogP contribution is -2.40. The zero-order chi connectivity index (χ0) is 14.4. The molecular weight excluding hydrogens is 256 g/mol. The Labute approximate surface area is 117 Å². The van der Waals surface area contributed by atoms with Gasteiger partial charge in [0.2, 0.25) is 0 Å². The van der Waals surface area contributed by atoms with E-state index in [4.69, 9.17) is 9.84 Å². The molecule has 20 heavy (non-hydrogen) atoms. The predicted molar refractivity (Wildman–Crippen MR) is 76.0 cm³/mol. The van der Waals surface area contributed by atoms with E-state index in [-0.39, 0.29) is 19.1 Å². The molecule has 2 rings (SSSR count). The van der Waals surface area contributed by atoms with Crippen LogP contribution in [0.5, 0.6) is 0 Å². The zero-order valence-electron chi connectivity index (χ0n) is 11.3. The zero-order valence-corrected chi connectivity index (χ0v) is 11.3. The lowest BCUT2D eigenvalue weighted by molar-refractivity contribution is 0.0839. The van der Waals surface area contributed by atoms with Gasteiger partial charge in [-0.3, -0.25) is 4.79 Å². The van der Waals surface area contributed by atoms with Gasteiger partial charge >= 0.3 is 0 Å². The van der Waals surface area contributed by atoms with Crippen molar-refractivity contribution in [1.82, 2.24) is 9.88 Å². The van der Waals surface area contributed by atoms with Crippen molar-refractivity contribution in [2.24, 2.45) is 0 Å². The number of aliphatic hydroxyl groups is 1. The van der Waals surface area contributed by atoms with Crippen molar-refractivity contribution in [3.63, 3.8) is 0 Å². The second-order valence-corrected chi connectivity index (χ2v) is 4.45. The summed E-state index contributed by atoms with van der Waals surface area (Å²) in [4.78, 5) is 12.0. The number of nitrogens with zero attached hydrogens (tertiary/aromatic N) is 1. The molecule has 0 saturated heterocycles. The van der Waals surface area contributed by atoms with Crippen molar-refractivity contribution in [3.05, 3.63) is 54.4 Å². The van der Waals surface area contributed by atoms with E-state index < -0.39 is 6.04 Å². The summed E-state index contributed by atoms with van der Waals surface area (Å²) in [5.74, 6) is -0.222. The fraction of sp³-hybridized carbons (Fsp3) is 0.267. The smallest absolute Gasteiger partial charge is 0.251 e. The normalized spacial score (nSPS) is 12.1. The first-order valence-corrected chi connectivity index (χ1v) is 6.38. The number of methoxy groups -OCH3 is 1. The molecule has 1 atom stereocenters. The first-order chi connectivity index (χ1) is 9.74. The minimum atomic E-state index is -0.392. The third-order valence-electron chi connectivity index (χ3n) is 2.96. The van der Waals surface area contributed by atoms with Crippen LogP contribution in [0.1, 0.15) is 10.4 Å². The van der Waals surface area contributed by atoms with E-state index in [9.17, 15) is 4.79 Å². The molecule has 106 valence electrons. The number of hydrogen-bond acceptors (Lipinski definition) is 3. The van der Waals surface area contributed by atoms with E-state index in [1.165, 1.54) is 7.11 Å². The van der Waals surface area contributed by atoms with E-state index in [0.29, 0.717) is 5.56 Å². The highest BCUT2D eigenvalue weighted by molar-refractivity contribution is 5.94. The van der Waals surface area contributed by atoms with E-state index in [1.807, 2.05) is 41.2 Å². The number of hydrogen-bond donors (Lipinski definition) is 2. The van der Waals surface area contributed by atoms with Crippen molar-refractivity contribution >= 4 is 5.91 Å². The number of rotatable bonds is 6. The molecule has 5 nitrogen and oxygen atoms in total. The van der Waals surface area contributed by atoms with Crippen LogP contribution < -0.4 is 5.32 Å². The first-order valence-electron chi connectivity index (χ1n) is 6.38. The van der Waals surface area contributed by atoms with Crippen LogP contribution in [0.4, 0.5) is 0 Å². The summed E-state index contributed by atoms with van der Waals surface area (Å²) in [5.41, 5.74) is 1.54. The Morgan fingerprint density at radius 1 is 1.30 bits per heavy atom. The number of carbonyl (C=O) groups is 1. The van der Waals surface area contributed by atoms with Crippen LogP contribution in [0.25, 0.3) is 5.69 Å². The third-order valence-corrected chi connectivity index (χ3v) is 2.96. The molecule has 1 unspecified atom stereocenters. The quantitative estimate of drug-likeness (QED) is 0.832. The van der Waals surface area contributed by atoms with Gasteiger partial charge in [0, 0.05) is 30.8 Å². The van der Waals surface area contributed by atoms with Gasteiger partial charge in [0.05, 0.1) is 19.3 Å². The topological polar surface area (TPSA) is 63.5 Å². The lowest BCUT2D eigenvalue weighted by Gasteiger charge is -2.15. The van der Waals surface area contributed by atoms with Crippen molar-refractivity contribution < 1.29 is 14.6 Å². The molecule has 0 bridgehead atoms. The van der Waals surface area contributed by atoms with E-state index in [1.54, 1.807) is 12.1 Å². The Bertz CT molecular complexity index is 535. The van der Waals surface area contributed by atoms with Crippen LogP contribution in [-0.4, -0.2) is 41.9 Å². The van der Waals surface area contributed by atoms with Crippen molar-refractivity contribution in [2.75, 3.05) is 20.3 Å². The van der Waals surface area contributed by atoms with Gasteiger partial charge in [0.1, 0.15) is 0 Å². The minimum Gasteiger partial charge on any atom is -0.394 e. The molecule has 0 aliphatic heterocycles. The highest BCUT2D eigenvalue weighted by atomic mass is 16.5. The summed E-state index contributed by atoms with van der Waals surface area (Å²) in [6, 6.07) is 10.8. The molecule has 0 radical (unpaired) electrons. The third kappa shape index (κ3) is 3.46. The van der Waals surface area contributed by atoms with Gasteiger partial charge in [-0.25, -0.2) is 0 Å². The largest absolute Gasteiger partial charge is 0.394 e. The maximum Gasteiger partial charge on any atom is 0.251 e. The summed E-state index contributed by atoms with van der Waals surface area (Å²) in [5, 5.41) is 11.8. The van der Waals surface area contributed by atoms with Crippen LogP contribution in [-0.2, 0) is 4.74 Å². The summed E-state index contributed by atoms with van der Waals surface area (Å²) < 4.78 is 6.88. The Morgan fingerprint density at radius 2 is 1.95 bits per heavy atom. The summed E-state index contributed by atoms with van der Waals surface area (Å²) in [6.45, 7) is 0.130. The Hall–Kier alpha value is -2.11. The highest BCUT2D eigenvalue weighted by Crippen LogP contribution is 2.10. The molecular formula is C15H18N2O3. The SMILES string of the molecule is COCC(CO)NC(=O)c1ccc(-n2cccc2)cc1. The Morgan fingerprint density at radius 3 is 2.50 bits per heavy atom. The van der Waals surface area contributed by atoms with Crippen LogP contribution >= 0.6 is 0 Å². The molecule has 2 N–H and O–H groups in total. The van der Waals surface area contributed by atoms with E-state index in [0.717, 1.165) is 5.69 Å². The van der Waals surface area contributed by atoms with Crippen molar-refractivity contribution in [2.45, 2.75) is 6.04 Å². The van der Waals surface area contributed by atoms with Gasteiger partial charge in [-0.1, -0.05) is 0 Å². The van der Waals surface area contributed by atoms with Crippen molar-refractivity contribution in [3.8, 4) is 5.69 Å². The van der Waals surface area contributed by atoms with E-state index in [2.05, 4.69) is 5.32 Å². The highest BCUT2D eigenvalue weighted by Gasteiger charge is 2.12. The molecule has 0 saturated carbocycles. The number of nitrogens with one attached hydrogen (secondary N) is 1. The van der Waals surface area contributed by atoms with Crippen LogP contribution in [0.2, 0.25) is 0 Å². The molecule has 0 fully saturated rings.